The summed E-state index contributed by atoms with van der Waals surface area (Å²) in [6.07, 6.45) is 4.54. The lowest BCUT2D eigenvalue weighted by Crippen LogP contribution is -2.30. The fraction of sp³-hybridized carbons (Fsp3) is 0.500. The van der Waals surface area contributed by atoms with Gasteiger partial charge in [0.25, 0.3) is 0 Å². The summed E-state index contributed by atoms with van der Waals surface area (Å²) in [5.41, 5.74) is 0.763. The van der Waals surface area contributed by atoms with E-state index in [1.807, 2.05) is 0 Å². The van der Waals surface area contributed by atoms with Gasteiger partial charge in [0.2, 0.25) is 11.6 Å². The third-order valence-corrected chi connectivity index (χ3v) is 3.45. The van der Waals surface area contributed by atoms with E-state index in [-0.39, 0.29) is 11.6 Å². The molecule has 100 valence electrons. The highest BCUT2D eigenvalue weighted by molar-refractivity contribution is 9.09. The highest BCUT2D eigenvalue weighted by atomic mass is 79.9. The number of hydrogen-bond donors (Lipinski definition) is 2. The largest absolute Gasteiger partial charge is 0.382 e. The van der Waals surface area contributed by atoms with Gasteiger partial charge in [-0.25, -0.2) is 0 Å². The van der Waals surface area contributed by atoms with Gasteiger partial charge in [0, 0.05) is 35.9 Å². The van der Waals surface area contributed by atoms with Crippen molar-refractivity contribution in [3.63, 3.8) is 0 Å². The topological polar surface area (TPSA) is 58.2 Å². The van der Waals surface area contributed by atoms with Crippen LogP contribution in [0.25, 0.3) is 0 Å². The van der Waals surface area contributed by atoms with Gasteiger partial charge < -0.3 is 10.6 Å². The van der Waals surface area contributed by atoms with E-state index in [2.05, 4.69) is 42.5 Å². The van der Waals surface area contributed by atoms with E-state index in [9.17, 15) is 9.59 Å². The molecule has 0 saturated carbocycles. The number of carbonyl (C=O) groups excluding carboxylic acids is 2. The number of carbonyl (C=O) groups is 2. The maximum absolute atomic E-state index is 11.8. The second-order valence-corrected chi connectivity index (χ2v) is 5.37. The van der Waals surface area contributed by atoms with Gasteiger partial charge >= 0.3 is 0 Å². The molecule has 1 aliphatic carbocycles. The van der Waals surface area contributed by atoms with E-state index < -0.39 is 0 Å². The van der Waals surface area contributed by atoms with Gasteiger partial charge in [-0.15, -0.1) is 0 Å². The van der Waals surface area contributed by atoms with Crippen LogP contribution in [0.4, 0.5) is 0 Å². The van der Waals surface area contributed by atoms with E-state index >= 15 is 0 Å². The molecule has 18 heavy (non-hydrogen) atoms. The second kappa shape index (κ2) is 8.48. The molecule has 0 amide bonds. The number of rotatable bonds is 8. The number of hydrogen-bond acceptors (Lipinski definition) is 4. The normalized spacial score (nSPS) is 15.2. The smallest absolute Gasteiger partial charge is 0.203 e. The van der Waals surface area contributed by atoms with Crippen molar-refractivity contribution in [2.75, 3.05) is 23.7 Å². The molecule has 0 saturated heterocycles. The van der Waals surface area contributed by atoms with Crippen molar-refractivity contribution >= 4 is 43.4 Å². The van der Waals surface area contributed by atoms with Gasteiger partial charge in [-0.2, -0.15) is 0 Å². The zero-order valence-electron chi connectivity index (χ0n) is 9.97. The molecule has 0 spiro atoms. The Balaban J connectivity index is 2.51. The quantitative estimate of drug-likeness (QED) is 0.382. The van der Waals surface area contributed by atoms with E-state index in [0.717, 1.165) is 23.5 Å². The van der Waals surface area contributed by atoms with Crippen molar-refractivity contribution in [2.24, 2.45) is 0 Å². The van der Waals surface area contributed by atoms with E-state index in [1.54, 1.807) is 0 Å². The Bertz CT molecular complexity index is 342. The minimum absolute atomic E-state index is 0.148. The molecular formula is C12H16Br2N2O2. The Morgan fingerprint density at radius 2 is 1.22 bits per heavy atom. The molecule has 0 aromatic heterocycles. The fourth-order valence-electron chi connectivity index (χ4n) is 1.42. The molecular weight excluding hydrogens is 364 g/mol. The lowest BCUT2D eigenvalue weighted by atomic mass is 10.1. The average molecular weight is 380 g/mol. The minimum Gasteiger partial charge on any atom is -0.382 e. The molecule has 0 aliphatic heterocycles. The molecule has 0 bridgehead atoms. The molecule has 6 heteroatoms. The summed E-state index contributed by atoms with van der Waals surface area (Å²) in [5, 5.41) is 7.67. The summed E-state index contributed by atoms with van der Waals surface area (Å²) < 4.78 is 0. The highest BCUT2D eigenvalue weighted by Crippen LogP contribution is 2.08. The van der Waals surface area contributed by atoms with Crippen LogP contribution in [-0.4, -0.2) is 35.3 Å². The van der Waals surface area contributed by atoms with Gasteiger partial charge in [0.1, 0.15) is 0 Å². The van der Waals surface area contributed by atoms with E-state index in [0.29, 0.717) is 24.5 Å². The van der Waals surface area contributed by atoms with E-state index in [4.69, 9.17) is 0 Å². The fourth-order valence-corrected chi connectivity index (χ4v) is 1.98. The standard InChI is InChI=1S/C12H16Br2N2O2/c13-3-1-5-15-9-7-12(18)10(8-11(9)17)16-6-2-4-14/h7-8,15-16H,1-6H2. The maximum Gasteiger partial charge on any atom is 0.203 e. The number of allylic oxidation sites excluding steroid dienone is 2. The Kier molecular flexibility index (Phi) is 7.27. The van der Waals surface area contributed by atoms with Crippen LogP contribution in [0.3, 0.4) is 0 Å². The molecule has 1 rings (SSSR count). The van der Waals surface area contributed by atoms with Crippen LogP contribution < -0.4 is 10.6 Å². The Morgan fingerprint density at radius 1 is 0.833 bits per heavy atom. The Morgan fingerprint density at radius 3 is 1.56 bits per heavy atom. The molecule has 0 atom stereocenters. The highest BCUT2D eigenvalue weighted by Gasteiger charge is 2.19. The Hall–Kier alpha value is -0.620. The van der Waals surface area contributed by atoms with Crippen LogP contribution in [0.1, 0.15) is 12.8 Å². The Labute approximate surface area is 124 Å². The first-order valence-electron chi connectivity index (χ1n) is 5.80. The van der Waals surface area contributed by atoms with Crippen LogP contribution in [0.15, 0.2) is 23.5 Å². The first-order valence-corrected chi connectivity index (χ1v) is 8.05. The van der Waals surface area contributed by atoms with Crippen molar-refractivity contribution in [3.8, 4) is 0 Å². The maximum atomic E-state index is 11.8. The zero-order chi connectivity index (χ0) is 13.4. The van der Waals surface area contributed by atoms with Crippen LogP contribution in [0.5, 0.6) is 0 Å². The first-order chi connectivity index (χ1) is 8.69. The number of halogens is 2. The third-order valence-electron chi connectivity index (χ3n) is 2.33. The summed E-state index contributed by atoms with van der Waals surface area (Å²) in [6, 6.07) is 0. The number of nitrogens with one attached hydrogen (secondary N) is 2. The third kappa shape index (κ3) is 4.94. The summed E-state index contributed by atoms with van der Waals surface area (Å²) in [6.45, 7) is 1.35. The summed E-state index contributed by atoms with van der Waals surface area (Å²) >= 11 is 6.62. The lowest BCUT2D eigenvalue weighted by molar-refractivity contribution is -0.115. The van der Waals surface area contributed by atoms with Gasteiger partial charge in [-0.1, -0.05) is 31.9 Å². The van der Waals surface area contributed by atoms with Crippen LogP contribution in [-0.2, 0) is 9.59 Å². The second-order valence-electron chi connectivity index (χ2n) is 3.78. The van der Waals surface area contributed by atoms with Gasteiger partial charge in [-0.3, -0.25) is 9.59 Å². The van der Waals surface area contributed by atoms with Gasteiger partial charge in [0.05, 0.1) is 11.4 Å². The van der Waals surface area contributed by atoms with Crippen molar-refractivity contribution in [1.29, 1.82) is 0 Å². The lowest BCUT2D eigenvalue weighted by Gasteiger charge is -2.14. The summed E-state index contributed by atoms with van der Waals surface area (Å²) in [5.74, 6) is -0.295. The van der Waals surface area contributed by atoms with E-state index in [1.165, 1.54) is 12.2 Å². The van der Waals surface area contributed by atoms with Crippen LogP contribution in [0.2, 0.25) is 0 Å². The van der Waals surface area contributed by atoms with Crippen molar-refractivity contribution < 1.29 is 9.59 Å². The van der Waals surface area contributed by atoms with Crippen molar-refractivity contribution in [3.05, 3.63) is 23.5 Å². The SMILES string of the molecule is O=C1C=C(NCCCBr)C(=O)C=C1NCCCBr. The number of alkyl halides is 2. The molecule has 0 heterocycles. The van der Waals surface area contributed by atoms with Crippen LogP contribution in [0, 0.1) is 0 Å². The molecule has 0 aromatic carbocycles. The minimum atomic E-state index is -0.148. The van der Waals surface area contributed by atoms with Crippen LogP contribution >= 0.6 is 31.9 Å². The summed E-state index contributed by atoms with van der Waals surface area (Å²) in [4.78, 5) is 23.5. The molecule has 0 fully saturated rings. The van der Waals surface area contributed by atoms with Gasteiger partial charge in [-0.05, 0) is 12.8 Å². The predicted molar refractivity (Wildman–Crippen MR) is 79.0 cm³/mol. The monoisotopic (exact) mass is 378 g/mol. The average Bonchev–Trinajstić information content (AvgIpc) is 2.35. The zero-order valence-corrected chi connectivity index (χ0v) is 13.1. The molecule has 1 aliphatic rings. The van der Waals surface area contributed by atoms with Gasteiger partial charge in [0.15, 0.2) is 0 Å². The van der Waals surface area contributed by atoms with Crippen molar-refractivity contribution in [2.45, 2.75) is 12.8 Å². The molecule has 2 N–H and O–H groups in total. The predicted octanol–water partition coefficient (Wildman–Crippen LogP) is 1.66. The molecule has 4 nitrogen and oxygen atoms in total. The first kappa shape index (κ1) is 15.4. The number of ketones is 2. The molecule has 0 unspecified atom stereocenters. The summed E-state index contributed by atoms with van der Waals surface area (Å²) in [7, 11) is 0. The molecule has 0 aromatic rings. The van der Waals surface area contributed by atoms with Crippen molar-refractivity contribution in [1.82, 2.24) is 10.6 Å². The molecule has 0 radical (unpaired) electrons.